The van der Waals surface area contributed by atoms with Crippen molar-refractivity contribution < 1.29 is 4.79 Å². The summed E-state index contributed by atoms with van der Waals surface area (Å²) in [7, 11) is 0. The van der Waals surface area contributed by atoms with Gasteiger partial charge in [-0.3, -0.25) is 4.79 Å². The molecule has 0 saturated heterocycles. The van der Waals surface area contributed by atoms with Crippen molar-refractivity contribution >= 4 is 12.2 Å². The van der Waals surface area contributed by atoms with E-state index in [0.717, 1.165) is 0 Å². The van der Waals surface area contributed by atoms with Gasteiger partial charge in [0, 0.05) is 6.20 Å². The minimum absolute atomic E-state index is 0.197. The lowest BCUT2D eigenvalue weighted by Crippen LogP contribution is -1.99. The minimum Gasteiger partial charge on any atom is -0.368 e. The Balaban J connectivity index is 3.19. The quantitative estimate of drug-likeness (QED) is 0.560. The lowest BCUT2D eigenvalue weighted by atomic mass is 10.3. The molecule has 1 aromatic heterocycles. The highest BCUT2D eigenvalue weighted by Gasteiger charge is 1.97. The van der Waals surface area contributed by atoms with Crippen LogP contribution >= 0.6 is 0 Å². The van der Waals surface area contributed by atoms with Crippen LogP contribution in [0.5, 0.6) is 0 Å². The van der Waals surface area contributed by atoms with Gasteiger partial charge in [0.2, 0.25) is 5.95 Å². The van der Waals surface area contributed by atoms with Crippen molar-refractivity contribution in [3.63, 3.8) is 0 Å². The number of nitrogen functional groups attached to an aromatic ring is 1. The van der Waals surface area contributed by atoms with Crippen molar-refractivity contribution in [1.82, 2.24) is 9.97 Å². The summed E-state index contributed by atoms with van der Waals surface area (Å²) in [5.41, 5.74) is 6.34. The Morgan fingerprint density at radius 3 is 2.90 bits per heavy atom. The first-order valence-electron chi connectivity index (χ1n) is 2.78. The van der Waals surface area contributed by atoms with Crippen LogP contribution in [0.2, 0.25) is 0 Å². The predicted molar refractivity (Wildman–Crippen MR) is 36.6 cm³/mol. The Morgan fingerprint density at radius 2 is 2.40 bits per heavy atom. The fraction of sp³-hybridized carbons (Fsp3) is 0.167. The second-order valence-corrected chi connectivity index (χ2v) is 1.89. The number of anilines is 1. The molecular weight excluding hydrogens is 130 g/mol. The minimum atomic E-state index is 0.197. The topological polar surface area (TPSA) is 68.9 Å². The molecular formula is C6H7N3O. The van der Waals surface area contributed by atoms with E-state index in [2.05, 4.69) is 9.97 Å². The summed E-state index contributed by atoms with van der Waals surface area (Å²) in [5, 5.41) is 0. The Bertz CT molecular complexity index is 259. The van der Waals surface area contributed by atoms with E-state index in [0.29, 0.717) is 17.5 Å². The van der Waals surface area contributed by atoms with Crippen molar-refractivity contribution in [3.05, 3.63) is 17.5 Å². The summed E-state index contributed by atoms with van der Waals surface area (Å²) in [4.78, 5) is 17.6. The first kappa shape index (κ1) is 6.67. The van der Waals surface area contributed by atoms with Gasteiger partial charge in [-0.2, -0.15) is 0 Å². The van der Waals surface area contributed by atoms with Crippen LogP contribution in [0.25, 0.3) is 0 Å². The lowest BCUT2D eigenvalue weighted by Gasteiger charge is -1.95. The number of carbonyl (C=O) groups excluding carboxylic acids is 1. The maximum Gasteiger partial charge on any atom is 0.220 e. The van der Waals surface area contributed by atoms with Crippen LogP contribution in [0.15, 0.2) is 6.20 Å². The number of nitrogens with two attached hydrogens (primary N) is 1. The van der Waals surface area contributed by atoms with E-state index in [1.54, 1.807) is 6.92 Å². The Hall–Kier alpha value is -1.45. The highest BCUT2D eigenvalue weighted by molar-refractivity contribution is 5.75. The van der Waals surface area contributed by atoms with Crippen LogP contribution in [0.3, 0.4) is 0 Å². The molecule has 0 aliphatic heterocycles. The largest absolute Gasteiger partial charge is 0.368 e. The van der Waals surface area contributed by atoms with Gasteiger partial charge in [0.15, 0.2) is 6.29 Å². The smallest absolute Gasteiger partial charge is 0.220 e. The average Bonchev–Trinajstić information content (AvgIpc) is 1.88. The molecule has 1 rings (SSSR count). The highest BCUT2D eigenvalue weighted by atomic mass is 16.1. The summed E-state index contributed by atoms with van der Waals surface area (Å²) in [6.07, 6.45) is 2.11. The van der Waals surface area contributed by atoms with Gasteiger partial charge in [0.25, 0.3) is 0 Å². The van der Waals surface area contributed by atoms with Gasteiger partial charge in [0.05, 0.1) is 11.3 Å². The van der Waals surface area contributed by atoms with Crippen LogP contribution < -0.4 is 5.73 Å². The zero-order chi connectivity index (χ0) is 7.56. The molecule has 0 aliphatic rings. The van der Waals surface area contributed by atoms with Crippen LogP contribution in [-0.2, 0) is 0 Å². The molecule has 1 aromatic rings. The Labute approximate surface area is 58.1 Å². The summed E-state index contributed by atoms with van der Waals surface area (Å²) in [5.74, 6) is 0.197. The molecule has 0 radical (unpaired) electrons. The van der Waals surface area contributed by atoms with Crippen molar-refractivity contribution in [1.29, 1.82) is 0 Å². The van der Waals surface area contributed by atoms with Crippen LogP contribution in [-0.4, -0.2) is 16.3 Å². The van der Waals surface area contributed by atoms with Gasteiger partial charge < -0.3 is 5.73 Å². The number of carbonyl (C=O) groups is 1. The third kappa shape index (κ3) is 1.10. The fourth-order valence-electron chi connectivity index (χ4n) is 0.610. The molecule has 0 fully saturated rings. The molecule has 0 unspecified atom stereocenters. The molecule has 0 spiro atoms. The van der Waals surface area contributed by atoms with Crippen LogP contribution in [0.4, 0.5) is 5.95 Å². The molecule has 0 bridgehead atoms. The Morgan fingerprint density at radius 1 is 1.70 bits per heavy atom. The number of hydrogen-bond donors (Lipinski definition) is 1. The molecule has 0 saturated carbocycles. The second-order valence-electron chi connectivity index (χ2n) is 1.89. The van der Waals surface area contributed by atoms with Gasteiger partial charge in [-0.05, 0) is 6.92 Å². The summed E-state index contributed by atoms with van der Waals surface area (Å²) >= 11 is 0. The predicted octanol–water partition coefficient (Wildman–Crippen LogP) is 0.180. The molecule has 52 valence electrons. The highest BCUT2D eigenvalue weighted by Crippen LogP contribution is 2.00. The standard InChI is InChI=1S/C6H7N3O/c1-4-5(3-10)2-8-6(7)9-4/h2-3H,1H3,(H2,7,8,9). The van der Waals surface area contributed by atoms with Crippen molar-refractivity contribution in [3.8, 4) is 0 Å². The number of aldehydes is 1. The normalized spacial score (nSPS) is 9.30. The van der Waals surface area contributed by atoms with Gasteiger partial charge in [-0.25, -0.2) is 9.97 Å². The monoisotopic (exact) mass is 137 g/mol. The molecule has 1 heterocycles. The number of hydrogen-bond acceptors (Lipinski definition) is 4. The van der Waals surface area contributed by atoms with Gasteiger partial charge >= 0.3 is 0 Å². The van der Waals surface area contributed by atoms with Gasteiger partial charge in [-0.15, -0.1) is 0 Å². The number of rotatable bonds is 1. The second kappa shape index (κ2) is 2.43. The molecule has 0 aromatic carbocycles. The summed E-state index contributed by atoms with van der Waals surface area (Å²) < 4.78 is 0. The SMILES string of the molecule is Cc1nc(N)ncc1C=O. The molecule has 10 heavy (non-hydrogen) atoms. The number of nitrogens with zero attached hydrogens (tertiary/aromatic N) is 2. The lowest BCUT2D eigenvalue weighted by molar-refractivity contribution is 0.112. The summed E-state index contributed by atoms with van der Waals surface area (Å²) in [6.45, 7) is 1.71. The van der Waals surface area contributed by atoms with Gasteiger partial charge in [-0.1, -0.05) is 0 Å². The zero-order valence-corrected chi connectivity index (χ0v) is 5.53. The molecule has 0 aliphatic carbocycles. The summed E-state index contributed by atoms with van der Waals surface area (Å²) in [6, 6.07) is 0. The average molecular weight is 137 g/mol. The van der Waals surface area contributed by atoms with Crippen molar-refractivity contribution in [2.75, 3.05) is 5.73 Å². The van der Waals surface area contributed by atoms with E-state index in [1.807, 2.05) is 0 Å². The van der Waals surface area contributed by atoms with Crippen LogP contribution in [0.1, 0.15) is 16.1 Å². The van der Waals surface area contributed by atoms with E-state index in [1.165, 1.54) is 6.20 Å². The van der Waals surface area contributed by atoms with E-state index < -0.39 is 0 Å². The molecule has 0 atom stereocenters. The molecule has 2 N–H and O–H groups in total. The molecule has 4 nitrogen and oxygen atoms in total. The van der Waals surface area contributed by atoms with Crippen LogP contribution in [0, 0.1) is 6.92 Å². The maximum atomic E-state index is 10.2. The van der Waals surface area contributed by atoms with E-state index in [4.69, 9.17) is 5.73 Å². The van der Waals surface area contributed by atoms with Crippen molar-refractivity contribution in [2.24, 2.45) is 0 Å². The first-order valence-corrected chi connectivity index (χ1v) is 2.78. The molecule has 4 heteroatoms. The van der Waals surface area contributed by atoms with E-state index in [9.17, 15) is 4.79 Å². The number of aryl methyl sites for hydroxylation is 1. The zero-order valence-electron chi connectivity index (χ0n) is 5.53. The third-order valence-corrected chi connectivity index (χ3v) is 1.16. The first-order chi connectivity index (χ1) is 4.74. The molecule has 0 amide bonds. The van der Waals surface area contributed by atoms with Crippen molar-refractivity contribution in [2.45, 2.75) is 6.92 Å². The maximum absolute atomic E-state index is 10.2. The fourth-order valence-corrected chi connectivity index (χ4v) is 0.610. The van der Waals surface area contributed by atoms with E-state index >= 15 is 0 Å². The van der Waals surface area contributed by atoms with Gasteiger partial charge in [0.1, 0.15) is 0 Å². The van der Waals surface area contributed by atoms with E-state index in [-0.39, 0.29) is 5.95 Å². The number of aromatic nitrogens is 2. The Kier molecular flexibility index (Phi) is 1.62. The third-order valence-electron chi connectivity index (χ3n) is 1.16.